The third-order valence-electron chi connectivity index (χ3n) is 5.32. The van der Waals surface area contributed by atoms with E-state index in [1.54, 1.807) is 4.31 Å². The number of hydrogen-bond donors (Lipinski definition) is 0. The molecule has 1 amide bonds. The molecule has 1 aliphatic heterocycles. The van der Waals surface area contributed by atoms with Gasteiger partial charge in [-0.2, -0.15) is 0 Å². The van der Waals surface area contributed by atoms with E-state index in [0.29, 0.717) is 32.6 Å². The summed E-state index contributed by atoms with van der Waals surface area (Å²) in [4.78, 5) is 14.3. The molecule has 138 valence electrons. The molecule has 2 aliphatic rings. The second-order valence-electron chi connectivity index (χ2n) is 7.11. The molecule has 25 heavy (non-hydrogen) atoms. The number of sulfonamides is 1. The van der Waals surface area contributed by atoms with E-state index < -0.39 is 10.0 Å². The van der Waals surface area contributed by atoms with Crippen molar-refractivity contribution in [3.8, 4) is 0 Å². The standard InChI is InChI=1S/C19H28N2O3S/c22-19(18-10-4-11-18)20-12-6-13-21(15-14-20)25(23,24)16-5-9-17-7-2-1-3-8-17/h1-3,7-8,18H,4-6,9-16H2. The van der Waals surface area contributed by atoms with Crippen LogP contribution in [0.2, 0.25) is 0 Å². The Morgan fingerprint density at radius 2 is 1.76 bits per heavy atom. The quantitative estimate of drug-likeness (QED) is 0.778. The predicted octanol–water partition coefficient (Wildman–Crippen LogP) is 2.28. The molecule has 6 heteroatoms. The maximum atomic E-state index is 12.6. The highest BCUT2D eigenvalue weighted by Gasteiger charge is 2.32. The van der Waals surface area contributed by atoms with Crippen molar-refractivity contribution < 1.29 is 13.2 Å². The molecular formula is C19H28N2O3S. The van der Waals surface area contributed by atoms with Crippen molar-refractivity contribution in [1.29, 1.82) is 0 Å². The van der Waals surface area contributed by atoms with E-state index in [-0.39, 0.29) is 17.6 Å². The van der Waals surface area contributed by atoms with Gasteiger partial charge in [0.15, 0.2) is 0 Å². The van der Waals surface area contributed by atoms with Crippen molar-refractivity contribution in [2.24, 2.45) is 5.92 Å². The van der Waals surface area contributed by atoms with E-state index in [1.165, 1.54) is 5.56 Å². The summed E-state index contributed by atoms with van der Waals surface area (Å²) in [6, 6.07) is 9.98. The van der Waals surface area contributed by atoms with Gasteiger partial charge in [0.25, 0.3) is 0 Å². The topological polar surface area (TPSA) is 57.7 Å². The Morgan fingerprint density at radius 1 is 1.00 bits per heavy atom. The number of hydrogen-bond acceptors (Lipinski definition) is 3. The van der Waals surface area contributed by atoms with Crippen molar-refractivity contribution in [3.05, 3.63) is 35.9 Å². The van der Waals surface area contributed by atoms with Gasteiger partial charge in [-0.3, -0.25) is 4.79 Å². The van der Waals surface area contributed by atoms with Gasteiger partial charge in [0.2, 0.25) is 15.9 Å². The van der Waals surface area contributed by atoms with Crippen LogP contribution in [0.25, 0.3) is 0 Å². The Kier molecular flexibility index (Phi) is 6.12. The summed E-state index contributed by atoms with van der Waals surface area (Å²) in [6.07, 6.45) is 5.28. The molecule has 0 unspecified atom stereocenters. The zero-order chi connectivity index (χ0) is 17.7. The number of rotatable bonds is 6. The minimum absolute atomic E-state index is 0.179. The highest BCUT2D eigenvalue weighted by molar-refractivity contribution is 7.89. The second kappa shape index (κ2) is 8.32. The number of amides is 1. The van der Waals surface area contributed by atoms with Gasteiger partial charge in [-0.15, -0.1) is 0 Å². The molecule has 3 rings (SSSR count). The SMILES string of the molecule is O=C(C1CCC1)N1CCCN(S(=O)(=O)CCCc2ccccc2)CC1. The molecule has 1 aromatic carbocycles. The summed E-state index contributed by atoms with van der Waals surface area (Å²) in [6.45, 7) is 2.19. The van der Waals surface area contributed by atoms with Gasteiger partial charge in [0.1, 0.15) is 0 Å². The number of benzene rings is 1. The molecule has 0 radical (unpaired) electrons. The highest BCUT2D eigenvalue weighted by atomic mass is 32.2. The van der Waals surface area contributed by atoms with Crippen molar-refractivity contribution >= 4 is 15.9 Å². The van der Waals surface area contributed by atoms with Crippen molar-refractivity contribution in [2.75, 3.05) is 31.9 Å². The van der Waals surface area contributed by atoms with Gasteiger partial charge < -0.3 is 4.90 Å². The third-order valence-corrected chi connectivity index (χ3v) is 7.28. The van der Waals surface area contributed by atoms with Crippen molar-refractivity contribution in [2.45, 2.75) is 38.5 Å². The monoisotopic (exact) mass is 364 g/mol. The minimum atomic E-state index is -3.24. The van der Waals surface area contributed by atoms with E-state index in [4.69, 9.17) is 0 Å². The van der Waals surface area contributed by atoms with Crippen LogP contribution in [-0.2, 0) is 21.2 Å². The van der Waals surface area contributed by atoms with Crippen LogP contribution in [0.15, 0.2) is 30.3 Å². The summed E-state index contributed by atoms with van der Waals surface area (Å²) in [5.74, 6) is 0.599. The zero-order valence-electron chi connectivity index (χ0n) is 14.8. The smallest absolute Gasteiger partial charge is 0.225 e. The van der Waals surface area contributed by atoms with Gasteiger partial charge in [0, 0.05) is 32.1 Å². The number of carbonyl (C=O) groups excluding carboxylic acids is 1. The molecular weight excluding hydrogens is 336 g/mol. The van der Waals surface area contributed by atoms with Crippen LogP contribution in [0.4, 0.5) is 0 Å². The molecule has 0 spiro atoms. The van der Waals surface area contributed by atoms with E-state index in [1.807, 2.05) is 35.2 Å². The molecule has 0 atom stereocenters. The summed E-state index contributed by atoms with van der Waals surface area (Å²) < 4.78 is 26.8. The van der Waals surface area contributed by atoms with E-state index in [0.717, 1.165) is 32.1 Å². The van der Waals surface area contributed by atoms with Gasteiger partial charge in [-0.05, 0) is 37.7 Å². The molecule has 1 heterocycles. The summed E-state index contributed by atoms with van der Waals surface area (Å²) in [5.41, 5.74) is 1.17. The van der Waals surface area contributed by atoms with Gasteiger partial charge >= 0.3 is 0 Å². The van der Waals surface area contributed by atoms with Gasteiger partial charge in [-0.1, -0.05) is 36.8 Å². The first kappa shape index (κ1) is 18.4. The lowest BCUT2D eigenvalue weighted by Gasteiger charge is -2.31. The molecule has 2 fully saturated rings. The van der Waals surface area contributed by atoms with Gasteiger partial charge in [0.05, 0.1) is 5.75 Å². The van der Waals surface area contributed by atoms with Crippen LogP contribution in [-0.4, -0.2) is 55.5 Å². The van der Waals surface area contributed by atoms with Crippen LogP contribution in [0, 0.1) is 5.92 Å². The fourth-order valence-electron chi connectivity index (χ4n) is 3.54. The number of nitrogens with zero attached hydrogens (tertiary/aromatic N) is 2. The highest BCUT2D eigenvalue weighted by Crippen LogP contribution is 2.28. The molecule has 0 aromatic heterocycles. The second-order valence-corrected chi connectivity index (χ2v) is 9.20. The number of aryl methyl sites for hydroxylation is 1. The largest absolute Gasteiger partial charge is 0.341 e. The Labute approximate surface area is 151 Å². The molecule has 0 bridgehead atoms. The van der Waals surface area contributed by atoms with Crippen LogP contribution < -0.4 is 0 Å². The minimum Gasteiger partial charge on any atom is -0.341 e. The average Bonchev–Trinajstić information content (AvgIpc) is 2.80. The summed E-state index contributed by atoms with van der Waals surface area (Å²) in [7, 11) is -3.24. The Bertz CT molecular complexity index is 671. The zero-order valence-corrected chi connectivity index (χ0v) is 15.6. The summed E-state index contributed by atoms with van der Waals surface area (Å²) in [5, 5.41) is 0. The van der Waals surface area contributed by atoms with Crippen LogP contribution in [0.3, 0.4) is 0 Å². The normalized spacial score (nSPS) is 20.1. The lowest BCUT2D eigenvalue weighted by atomic mass is 9.84. The first-order valence-corrected chi connectivity index (χ1v) is 11.0. The number of carbonyl (C=O) groups is 1. The molecule has 0 N–H and O–H groups in total. The van der Waals surface area contributed by atoms with E-state index in [2.05, 4.69) is 0 Å². The predicted molar refractivity (Wildman–Crippen MR) is 98.7 cm³/mol. The maximum absolute atomic E-state index is 12.6. The lowest BCUT2D eigenvalue weighted by Crippen LogP contribution is -2.42. The average molecular weight is 365 g/mol. The molecule has 5 nitrogen and oxygen atoms in total. The Morgan fingerprint density at radius 3 is 2.44 bits per heavy atom. The Balaban J connectivity index is 1.49. The third kappa shape index (κ3) is 4.82. The molecule has 1 saturated carbocycles. The van der Waals surface area contributed by atoms with E-state index in [9.17, 15) is 13.2 Å². The maximum Gasteiger partial charge on any atom is 0.225 e. The van der Waals surface area contributed by atoms with Crippen molar-refractivity contribution in [3.63, 3.8) is 0 Å². The van der Waals surface area contributed by atoms with Crippen LogP contribution >= 0.6 is 0 Å². The molecule has 1 aromatic rings. The summed E-state index contributed by atoms with van der Waals surface area (Å²) >= 11 is 0. The van der Waals surface area contributed by atoms with E-state index >= 15 is 0 Å². The fraction of sp³-hybridized carbons (Fsp3) is 0.632. The van der Waals surface area contributed by atoms with Crippen LogP contribution in [0.1, 0.15) is 37.7 Å². The molecule has 1 saturated heterocycles. The molecule has 1 aliphatic carbocycles. The van der Waals surface area contributed by atoms with Gasteiger partial charge in [-0.25, -0.2) is 12.7 Å². The first-order valence-electron chi connectivity index (χ1n) is 9.37. The van der Waals surface area contributed by atoms with Crippen molar-refractivity contribution in [1.82, 2.24) is 9.21 Å². The first-order chi connectivity index (χ1) is 12.1. The lowest BCUT2D eigenvalue weighted by molar-refractivity contribution is -0.138. The Hall–Kier alpha value is -1.40. The fourth-order valence-corrected chi connectivity index (χ4v) is 5.07. The van der Waals surface area contributed by atoms with Crippen LogP contribution in [0.5, 0.6) is 0 Å².